The summed E-state index contributed by atoms with van der Waals surface area (Å²) in [5.74, 6) is -0.0916. The van der Waals surface area contributed by atoms with Crippen LogP contribution >= 0.6 is 0 Å². The van der Waals surface area contributed by atoms with Crippen molar-refractivity contribution in [2.45, 2.75) is 74.3 Å². The van der Waals surface area contributed by atoms with E-state index in [1.807, 2.05) is 0 Å². The van der Waals surface area contributed by atoms with Crippen molar-refractivity contribution >= 4 is 0 Å². The fourth-order valence-electron chi connectivity index (χ4n) is 11.0. The number of methoxy groups -OCH3 is 4. The van der Waals surface area contributed by atoms with E-state index in [1.165, 1.54) is 0 Å². The molecule has 5 saturated carbocycles. The van der Waals surface area contributed by atoms with Gasteiger partial charge in [-0.1, -0.05) is 6.92 Å². The third kappa shape index (κ3) is 2.16. The van der Waals surface area contributed by atoms with Crippen molar-refractivity contribution in [1.29, 1.82) is 0 Å². The number of likely N-dealkylation sites (N-methyl/N-ethyl adjacent to an activating group) is 1. The summed E-state index contributed by atoms with van der Waals surface area (Å²) in [5, 5.41) is 36.6. The topological polar surface area (TPSA) is 101 Å². The van der Waals surface area contributed by atoms with Gasteiger partial charge in [-0.25, -0.2) is 0 Å². The molecule has 6 rings (SSSR count). The fourth-order valence-corrected chi connectivity index (χ4v) is 11.0. The highest BCUT2D eigenvalue weighted by molar-refractivity contribution is 5.41. The molecule has 0 aromatic carbocycles. The molecule has 6 fully saturated rings. The van der Waals surface area contributed by atoms with Crippen LogP contribution in [0.5, 0.6) is 0 Å². The van der Waals surface area contributed by atoms with E-state index in [9.17, 15) is 15.3 Å². The highest BCUT2D eigenvalue weighted by Gasteiger charge is 2.91. The second kappa shape index (κ2) is 7.13. The van der Waals surface area contributed by atoms with E-state index >= 15 is 0 Å². The molecule has 1 heterocycles. The second-order valence-electron chi connectivity index (χ2n) is 11.8. The summed E-state index contributed by atoms with van der Waals surface area (Å²) in [6.07, 6.45) is 1.81. The summed E-state index contributed by atoms with van der Waals surface area (Å²) in [6.45, 7) is 3.59. The lowest BCUT2D eigenvalue weighted by atomic mass is 9.42. The number of likely N-dealkylation sites (tertiary alicyclic amines) is 1. The van der Waals surface area contributed by atoms with Crippen LogP contribution < -0.4 is 0 Å². The van der Waals surface area contributed by atoms with Crippen LogP contribution in [0.3, 0.4) is 0 Å². The van der Waals surface area contributed by atoms with Crippen molar-refractivity contribution in [3.63, 3.8) is 0 Å². The number of rotatable bonds is 6. The quantitative estimate of drug-likeness (QED) is 0.512. The minimum atomic E-state index is -1.52. The van der Waals surface area contributed by atoms with Gasteiger partial charge in [0.25, 0.3) is 0 Å². The smallest absolute Gasteiger partial charge is 0.136 e. The maximum Gasteiger partial charge on any atom is 0.136 e. The van der Waals surface area contributed by atoms with Crippen LogP contribution in [0.15, 0.2) is 0 Å². The van der Waals surface area contributed by atoms with Crippen LogP contribution in [-0.2, 0) is 18.9 Å². The maximum atomic E-state index is 13.0. The first kappa shape index (κ1) is 23.1. The Morgan fingerprint density at radius 1 is 1.03 bits per heavy atom. The highest BCUT2D eigenvalue weighted by Crippen LogP contribution is 2.80. The van der Waals surface area contributed by atoms with Gasteiger partial charge in [-0.05, 0) is 31.7 Å². The average molecular weight is 468 g/mol. The van der Waals surface area contributed by atoms with E-state index in [1.54, 1.807) is 28.4 Å². The van der Waals surface area contributed by atoms with Crippen molar-refractivity contribution in [3.05, 3.63) is 0 Å². The SMILES string of the molecule is CCN1C[C@]2(CO)CCC(OC)C34[C@@H]5C[C@H]6[C@H](OC)[C@H]5[C@](O)(C[C@@H]6OC)[C@](O)([C@@H](OC)[C@@H]32)[C@@H]14. The van der Waals surface area contributed by atoms with Gasteiger partial charge >= 0.3 is 0 Å². The molecule has 7 bridgehead atoms. The van der Waals surface area contributed by atoms with Crippen molar-refractivity contribution < 1.29 is 34.3 Å². The lowest BCUT2D eigenvalue weighted by Crippen LogP contribution is -2.82. The summed E-state index contributed by atoms with van der Waals surface area (Å²) in [5.41, 5.74) is -3.78. The number of fused-ring (bicyclic) bond motifs is 2. The van der Waals surface area contributed by atoms with Gasteiger partial charge in [0.2, 0.25) is 0 Å². The van der Waals surface area contributed by atoms with Gasteiger partial charge in [0.15, 0.2) is 0 Å². The molecule has 33 heavy (non-hydrogen) atoms. The zero-order chi connectivity index (χ0) is 23.6. The lowest BCUT2D eigenvalue weighted by Gasteiger charge is -2.70. The van der Waals surface area contributed by atoms with Crippen LogP contribution in [0, 0.1) is 34.5 Å². The summed E-state index contributed by atoms with van der Waals surface area (Å²) in [4.78, 5) is 2.33. The van der Waals surface area contributed by atoms with Crippen molar-refractivity contribution in [2.75, 3.05) is 48.1 Å². The molecule has 0 amide bonds. The molecule has 0 aromatic rings. The van der Waals surface area contributed by atoms with Gasteiger partial charge in [0.05, 0.1) is 37.1 Å². The molecule has 5 aliphatic carbocycles. The Hall–Kier alpha value is -0.320. The lowest BCUT2D eigenvalue weighted by molar-refractivity contribution is -0.320. The van der Waals surface area contributed by atoms with Gasteiger partial charge in [-0.3, -0.25) is 4.90 Å². The van der Waals surface area contributed by atoms with Crippen LogP contribution in [0.2, 0.25) is 0 Å². The first-order chi connectivity index (χ1) is 15.8. The van der Waals surface area contributed by atoms with Crippen molar-refractivity contribution in [2.24, 2.45) is 34.5 Å². The maximum absolute atomic E-state index is 13.0. The van der Waals surface area contributed by atoms with Crippen LogP contribution in [-0.4, -0.2) is 110 Å². The molecule has 6 aliphatic rings. The Balaban J connectivity index is 1.68. The molecule has 13 atom stereocenters. The predicted octanol–water partition coefficient (Wildman–Crippen LogP) is 0.271. The first-order valence-corrected chi connectivity index (χ1v) is 12.7. The third-order valence-corrected chi connectivity index (χ3v) is 11.6. The van der Waals surface area contributed by atoms with Crippen molar-refractivity contribution in [3.8, 4) is 0 Å². The van der Waals surface area contributed by atoms with Gasteiger partial charge in [-0.2, -0.15) is 0 Å². The largest absolute Gasteiger partial charge is 0.396 e. The molecule has 3 N–H and O–H groups in total. The molecule has 0 radical (unpaired) electrons. The van der Waals surface area contributed by atoms with Crippen LogP contribution in [0.4, 0.5) is 0 Å². The van der Waals surface area contributed by atoms with Gasteiger partial charge in [-0.15, -0.1) is 0 Å². The molecule has 2 unspecified atom stereocenters. The molecular formula is C25H41NO7. The fraction of sp³-hybridized carbons (Fsp3) is 1.00. The molecule has 8 heteroatoms. The minimum Gasteiger partial charge on any atom is -0.396 e. The van der Waals surface area contributed by atoms with Crippen LogP contribution in [0.1, 0.15) is 32.6 Å². The number of hydrogen-bond acceptors (Lipinski definition) is 8. The number of piperidine rings is 1. The van der Waals surface area contributed by atoms with Gasteiger partial charge in [0.1, 0.15) is 11.2 Å². The number of aliphatic hydroxyl groups is 3. The van der Waals surface area contributed by atoms with E-state index in [2.05, 4.69) is 11.8 Å². The monoisotopic (exact) mass is 467 g/mol. The Labute approximate surface area is 196 Å². The van der Waals surface area contributed by atoms with E-state index in [0.29, 0.717) is 13.0 Å². The van der Waals surface area contributed by atoms with Crippen molar-refractivity contribution in [1.82, 2.24) is 4.90 Å². The van der Waals surface area contributed by atoms with E-state index < -0.39 is 28.1 Å². The number of ether oxygens (including phenoxy) is 4. The first-order valence-electron chi connectivity index (χ1n) is 12.7. The molecule has 8 nitrogen and oxygen atoms in total. The number of hydrogen-bond donors (Lipinski definition) is 3. The van der Waals surface area contributed by atoms with Gasteiger partial charge < -0.3 is 34.3 Å². The summed E-state index contributed by atoms with van der Waals surface area (Å²) in [6, 6.07) is -0.312. The minimum absolute atomic E-state index is 0.0443. The Kier molecular flexibility index (Phi) is 4.99. The highest BCUT2D eigenvalue weighted by atomic mass is 16.5. The Morgan fingerprint density at radius 3 is 2.36 bits per heavy atom. The summed E-state index contributed by atoms with van der Waals surface area (Å²) < 4.78 is 24.5. The van der Waals surface area contributed by atoms with E-state index in [0.717, 1.165) is 25.8 Å². The second-order valence-corrected chi connectivity index (χ2v) is 11.8. The summed E-state index contributed by atoms with van der Waals surface area (Å²) in [7, 11) is 6.85. The Bertz CT molecular complexity index is 814. The standard InChI is InChI=1S/C25H41NO7/c1-6-26-11-22(12-27)8-7-16(31-3)24-14-9-13-15(30-2)10-23(28,17(14)18(13)32-4)25(29,21(24)26)20(33-5)19(22)24/h13-21,27-29H,6-12H2,1-5H3/t13-,14-,15+,16?,17+,18+,19-,20+,21+,22+,23-,24?,25+/m1/s1. The molecule has 0 aromatic heterocycles. The zero-order valence-corrected chi connectivity index (χ0v) is 20.6. The van der Waals surface area contributed by atoms with E-state index in [4.69, 9.17) is 18.9 Å². The molecule has 1 spiro atoms. The molecule has 1 aliphatic heterocycles. The normalized spacial score (nSPS) is 60.9. The molecule has 188 valence electrons. The number of nitrogens with zero attached hydrogens (tertiary/aromatic N) is 1. The molecule has 1 saturated heterocycles. The van der Waals surface area contributed by atoms with Gasteiger partial charge in [0, 0.05) is 70.0 Å². The predicted molar refractivity (Wildman–Crippen MR) is 119 cm³/mol. The summed E-state index contributed by atoms with van der Waals surface area (Å²) >= 11 is 0. The Morgan fingerprint density at radius 2 is 1.79 bits per heavy atom. The number of aliphatic hydroxyl groups excluding tert-OH is 1. The zero-order valence-electron chi connectivity index (χ0n) is 20.6. The average Bonchev–Trinajstić information content (AvgIpc) is 3.24. The van der Waals surface area contributed by atoms with Crippen LogP contribution in [0.25, 0.3) is 0 Å². The van der Waals surface area contributed by atoms with E-state index in [-0.39, 0.29) is 54.6 Å². The molecular weight excluding hydrogens is 426 g/mol. The third-order valence-electron chi connectivity index (χ3n) is 11.6.